The number of aryl methyl sites for hydroxylation is 1. The number of nitrogens with one attached hydrogen (secondary N) is 1. The number of amides is 1. The van der Waals surface area contributed by atoms with E-state index >= 15 is 0 Å². The van der Waals surface area contributed by atoms with Crippen molar-refractivity contribution in [2.75, 3.05) is 37.6 Å². The molecule has 26 heavy (non-hydrogen) atoms. The topological polar surface area (TPSA) is 65.8 Å². The summed E-state index contributed by atoms with van der Waals surface area (Å²) in [5, 5.41) is 7.54. The Morgan fingerprint density at radius 1 is 1.31 bits per heavy atom. The predicted octanol–water partition coefficient (Wildman–Crippen LogP) is 1.86. The van der Waals surface area contributed by atoms with Crippen LogP contribution in [0.4, 0.5) is 5.69 Å². The quantitative estimate of drug-likeness (QED) is 0.657. The first kappa shape index (κ1) is 18.7. The molecular formula is C19H32N6O. The van der Waals surface area contributed by atoms with Crippen LogP contribution in [-0.2, 0) is 11.8 Å². The lowest BCUT2D eigenvalue weighted by molar-refractivity contribution is -0.120. The Kier molecular flexibility index (Phi) is 6.16. The molecule has 7 heteroatoms. The van der Waals surface area contributed by atoms with E-state index in [1.165, 1.54) is 25.7 Å². The van der Waals surface area contributed by atoms with E-state index < -0.39 is 0 Å². The van der Waals surface area contributed by atoms with Crippen molar-refractivity contribution in [2.45, 2.75) is 39.5 Å². The molecule has 1 saturated heterocycles. The first-order valence-electron chi connectivity index (χ1n) is 9.89. The van der Waals surface area contributed by atoms with Gasteiger partial charge in [-0.3, -0.25) is 14.5 Å². The van der Waals surface area contributed by atoms with Crippen molar-refractivity contribution >= 4 is 17.6 Å². The van der Waals surface area contributed by atoms with Gasteiger partial charge in [-0.1, -0.05) is 19.8 Å². The third kappa shape index (κ3) is 4.56. The first-order chi connectivity index (χ1) is 12.6. The minimum absolute atomic E-state index is 0.0985. The number of hydrogen-bond acceptors (Lipinski definition) is 3. The zero-order valence-corrected chi connectivity index (χ0v) is 16.3. The maximum Gasteiger partial charge on any atom is 0.246 e. The Hall–Kier alpha value is -2.05. The Morgan fingerprint density at radius 2 is 2.08 bits per heavy atom. The van der Waals surface area contributed by atoms with E-state index in [4.69, 9.17) is 4.99 Å². The molecule has 1 N–H and O–H groups in total. The molecule has 1 saturated carbocycles. The molecule has 2 aliphatic rings. The summed E-state index contributed by atoms with van der Waals surface area (Å²) in [5.41, 5.74) is 0.871. The Morgan fingerprint density at radius 3 is 2.69 bits per heavy atom. The number of rotatable bonds is 4. The summed E-state index contributed by atoms with van der Waals surface area (Å²) in [6.45, 7) is 7.92. The van der Waals surface area contributed by atoms with Crippen molar-refractivity contribution in [3.63, 3.8) is 0 Å². The summed E-state index contributed by atoms with van der Waals surface area (Å²) < 4.78 is 1.73. The Labute approximate surface area is 156 Å². The van der Waals surface area contributed by atoms with E-state index in [0.717, 1.165) is 37.2 Å². The number of aliphatic imine (C=N–C) groups is 1. The monoisotopic (exact) mass is 360 g/mol. The van der Waals surface area contributed by atoms with Crippen molar-refractivity contribution in [3.8, 4) is 0 Å². The van der Waals surface area contributed by atoms with E-state index in [0.29, 0.717) is 19.0 Å². The molecule has 0 aromatic carbocycles. The second-order valence-electron chi connectivity index (χ2n) is 7.66. The fourth-order valence-corrected chi connectivity index (χ4v) is 3.83. The number of nitrogens with zero attached hydrogens (tertiary/aromatic N) is 5. The number of piperazine rings is 1. The number of anilines is 1. The molecule has 144 valence electrons. The van der Waals surface area contributed by atoms with Crippen LogP contribution in [0.25, 0.3) is 0 Å². The maximum atomic E-state index is 12.6. The molecule has 0 atom stereocenters. The minimum atomic E-state index is 0.0985. The highest BCUT2D eigenvalue weighted by Gasteiger charge is 2.28. The van der Waals surface area contributed by atoms with Crippen molar-refractivity contribution < 1.29 is 4.79 Å². The summed E-state index contributed by atoms with van der Waals surface area (Å²) in [6.07, 6.45) is 8.82. The van der Waals surface area contributed by atoms with E-state index in [9.17, 15) is 4.79 Å². The van der Waals surface area contributed by atoms with Crippen molar-refractivity contribution in [1.82, 2.24) is 20.0 Å². The number of carbonyl (C=O) groups excluding carboxylic acids is 1. The smallest absolute Gasteiger partial charge is 0.246 e. The lowest BCUT2D eigenvalue weighted by Crippen LogP contribution is -2.55. The van der Waals surface area contributed by atoms with Crippen LogP contribution >= 0.6 is 0 Å². The van der Waals surface area contributed by atoms with Crippen LogP contribution in [0, 0.1) is 11.8 Å². The standard InChI is InChI=1S/C19H32N6O/c1-4-20-19(21-11-16-7-5-15(2)6-8-16)24-9-10-25(18(26)14-24)17-12-22-23(3)13-17/h12-13,15-16H,4-11,14H2,1-3H3,(H,20,21). The Bertz CT molecular complexity index is 632. The molecule has 0 bridgehead atoms. The maximum absolute atomic E-state index is 12.6. The molecule has 3 rings (SSSR count). The molecule has 2 fully saturated rings. The van der Waals surface area contributed by atoms with Crippen LogP contribution < -0.4 is 10.2 Å². The number of aromatic nitrogens is 2. The largest absolute Gasteiger partial charge is 0.357 e. The van der Waals surface area contributed by atoms with Crippen molar-refractivity contribution in [2.24, 2.45) is 23.9 Å². The van der Waals surface area contributed by atoms with Gasteiger partial charge >= 0.3 is 0 Å². The number of hydrogen-bond donors (Lipinski definition) is 1. The lowest BCUT2D eigenvalue weighted by atomic mass is 9.83. The molecule has 1 amide bonds. The zero-order chi connectivity index (χ0) is 18.5. The SMILES string of the molecule is CCNC(=NCC1CCC(C)CC1)N1CCN(c2cnn(C)c2)C(=O)C1. The van der Waals surface area contributed by atoms with Crippen LogP contribution in [0.15, 0.2) is 17.4 Å². The van der Waals surface area contributed by atoms with E-state index in [1.54, 1.807) is 10.9 Å². The molecule has 0 unspecified atom stereocenters. The van der Waals surface area contributed by atoms with Gasteiger partial charge in [-0.25, -0.2) is 0 Å². The van der Waals surface area contributed by atoms with Gasteiger partial charge in [-0.2, -0.15) is 5.10 Å². The van der Waals surface area contributed by atoms with E-state index in [1.807, 2.05) is 18.1 Å². The van der Waals surface area contributed by atoms with Gasteiger partial charge in [0.1, 0.15) is 6.54 Å². The summed E-state index contributed by atoms with van der Waals surface area (Å²) >= 11 is 0. The normalized spacial score (nSPS) is 24.9. The van der Waals surface area contributed by atoms with Gasteiger partial charge in [0.2, 0.25) is 5.91 Å². The van der Waals surface area contributed by atoms with Gasteiger partial charge in [-0.15, -0.1) is 0 Å². The minimum Gasteiger partial charge on any atom is -0.357 e. The molecule has 7 nitrogen and oxygen atoms in total. The second kappa shape index (κ2) is 8.56. The Balaban J connectivity index is 1.60. The molecule has 1 aliphatic heterocycles. The lowest BCUT2D eigenvalue weighted by Gasteiger charge is -2.35. The molecule has 0 spiro atoms. The highest BCUT2D eigenvalue weighted by molar-refractivity contribution is 5.98. The number of carbonyl (C=O) groups is 1. The van der Waals surface area contributed by atoms with Crippen molar-refractivity contribution in [1.29, 1.82) is 0 Å². The summed E-state index contributed by atoms with van der Waals surface area (Å²) in [7, 11) is 1.87. The third-order valence-electron chi connectivity index (χ3n) is 5.49. The van der Waals surface area contributed by atoms with Crippen LogP contribution in [-0.4, -0.2) is 59.3 Å². The van der Waals surface area contributed by atoms with Crippen LogP contribution in [0.2, 0.25) is 0 Å². The van der Waals surface area contributed by atoms with Crippen LogP contribution in [0.3, 0.4) is 0 Å². The molecule has 1 aromatic rings. The molecule has 2 heterocycles. The number of guanidine groups is 1. The summed E-state index contributed by atoms with van der Waals surface area (Å²) in [6, 6.07) is 0. The third-order valence-corrected chi connectivity index (χ3v) is 5.49. The fraction of sp³-hybridized carbons (Fsp3) is 0.737. The first-order valence-corrected chi connectivity index (χ1v) is 9.89. The van der Waals surface area contributed by atoms with E-state index in [2.05, 4.69) is 29.2 Å². The molecule has 0 radical (unpaired) electrons. The van der Waals surface area contributed by atoms with Crippen molar-refractivity contribution in [3.05, 3.63) is 12.4 Å². The van der Waals surface area contributed by atoms with Gasteiger partial charge in [0.15, 0.2) is 5.96 Å². The molecular weight excluding hydrogens is 328 g/mol. The zero-order valence-electron chi connectivity index (χ0n) is 16.3. The van der Waals surface area contributed by atoms with Crippen LogP contribution in [0.1, 0.15) is 39.5 Å². The molecule has 1 aliphatic carbocycles. The van der Waals surface area contributed by atoms with Gasteiger partial charge < -0.3 is 15.1 Å². The average Bonchev–Trinajstić information content (AvgIpc) is 3.06. The second-order valence-corrected chi connectivity index (χ2v) is 7.66. The fourth-order valence-electron chi connectivity index (χ4n) is 3.83. The van der Waals surface area contributed by atoms with Gasteiger partial charge in [0.25, 0.3) is 0 Å². The highest BCUT2D eigenvalue weighted by atomic mass is 16.2. The molecule has 1 aromatic heterocycles. The highest BCUT2D eigenvalue weighted by Crippen LogP contribution is 2.28. The average molecular weight is 361 g/mol. The van der Waals surface area contributed by atoms with Crippen LogP contribution in [0.5, 0.6) is 0 Å². The van der Waals surface area contributed by atoms with Gasteiger partial charge in [0.05, 0.1) is 11.9 Å². The summed E-state index contributed by atoms with van der Waals surface area (Å²) in [4.78, 5) is 21.4. The van der Waals surface area contributed by atoms with Gasteiger partial charge in [0, 0.05) is 39.4 Å². The predicted molar refractivity (Wildman–Crippen MR) is 104 cm³/mol. The van der Waals surface area contributed by atoms with Gasteiger partial charge in [-0.05, 0) is 31.6 Å². The van der Waals surface area contributed by atoms with E-state index in [-0.39, 0.29) is 5.91 Å². The summed E-state index contributed by atoms with van der Waals surface area (Å²) in [5.74, 6) is 2.53.